The molecule has 0 spiro atoms. The summed E-state index contributed by atoms with van der Waals surface area (Å²) in [4.78, 5) is 27.1. The zero-order chi connectivity index (χ0) is 18.3. The van der Waals surface area contributed by atoms with Gasteiger partial charge in [0.05, 0.1) is 11.4 Å². The molecule has 24 heavy (non-hydrogen) atoms. The molecule has 0 aliphatic heterocycles. The summed E-state index contributed by atoms with van der Waals surface area (Å²) in [6.07, 6.45) is 0.524. The lowest BCUT2D eigenvalue weighted by Gasteiger charge is -2.25. The van der Waals surface area contributed by atoms with Gasteiger partial charge in [-0.15, -0.1) is 0 Å². The number of sulfonamides is 1. The molecule has 2 N–H and O–H groups in total. The first kappa shape index (κ1) is 20.1. The number of carbonyl (C=O) groups excluding carboxylic acids is 2. The van der Waals surface area contributed by atoms with Crippen molar-refractivity contribution in [3.05, 3.63) is 29.8 Å². The third kappa shape index (κ3) is 5.93. The molecule has 7 nitrogen and oxygen atoms in total. The quantitative estimate of drug-likeness (QED) is 0.737. The molecule has 0 aromatic heterocycles. The van der Waals surface area contributed by atoms with Crippen LogP contribution in [0.3, 0.4) is 0 Å². The number of primary sulfonamides is 1. The molecule has 0 unspecified atom stereocenters. The molecule has 0 saturated carbocycles. The second kappa shape index (κ2) is 8.79. The predicted molar refractivity (Wildman–Crippen MR) is 91.7 cm³/mol. The highest BCUT2D eigenvalue weighted by Gasteiger charge is 2.17. The molecule has 0 bridgehead atoms. The summed E-state index contributed by atoms with van der Waals surface area (Å²) >= 11 is 0. The molecule has 0 fully saturated rings. The van der Waals surface area contributed by atoms with Gasteiger partial charge in [0.1, 0.15) is 0 Å². The van der Waals surface area contributed by atoms with Crippen molar-refractivity contribution in [2.75, 3.05) is 26.2 Å². The molecule has 0 aliphatic rings. The van der Waals surface area contributed by atoms with Crippen LogP contribution < -0.4 is 5.14 Å². The molecule has 1 rings (SSSR count). The van der Waals surface area contributed by atoms with Crippen LogP contribution in [0.5, 0.6) is 0 Å². The van der Waals surface area contributed by atoms with Crippen LogP contribution in [0.15, 0.2) is 29.2 Å². The Morgan fingerprint density at radius 3 is 2.00 bits per heavy atom. The van der Waals surface area contributed by atoms with Crippen molar-refractivity contribution in [3.8, 4) is 0 Å². The number of hydrogen-bond donors (Lipinski definition) is 1. The average molecular weight is 355 g/mol. The van der Waals surface area contributed by atoms with Crippen molar-refractivity contribution < 1.29 is 18.0 Å². The van der Waals surface area contributed by atoms with Crippen LogP contribution in [0, 0.1) is 0 Å². The van der Waals surface area contributed by atoms with Gasteiger partial charge in [0, 0.05) is 26.6 Å². The molecule has 0 saturated heterocycles. The van der Waals surface area contributed by atoms with Gasteiger partial charge >= 0.3 is 0 Å². The molecule has 2 amide bonds. The second-order valence-corrected chi connectivity index (χ2v) is 7.01. The first-order chi connectivity index (χ1) is 11.2. The summed E-state index contributed by atoms with van der Waals surface area (Å²) < 4.78 is 22.4. The van der Waals surface area contributed by atoms with Crippen LogP contribution in [0.1, 0.15) is 26.3 Å². The molecule has 0 aliphatic carbocycles. The number of benzene rings is 1. The smallest absolute Gasteiger partial charge is 0.242 e. The number of nitrogens with two attached hydrogens (primary N) is 1. The highest BCUT2D eigenvalue weighted by molar-refractivity contribution is 7.89. The van der Waals surface area contributed by atoms with Crippen LogP contribution in [-0.2, 0) is 26.0 Å². The SMILES string of the molecule is CCN(CC)C(=O)CN(CCc1ccc(S(N)(=O)=O)cc1)C(C)=O. The lowest BCUT2D eigenvalue weighted by atomic mass is 10.1. The van der Waals surface area contributed by atoms with Gasteiger partial charge in [-0.2, -0.15) is 0 Å². The van der Waals surface area contributed by atoms with E-state index in [9.17, 15) is 18.0 Å². The lowest BCUT2D eigenvalue weighted by Crippen LogP contribution is -2.42. The van der Waals surface area contributed by atoms with E-state index in [4.69, 9.17) is 5.14 Å². The van der Waals surface area contributed by atoms with Crippen LogP contribution in [0.4, 0.5) is 0 Å². The number of rotatable bonds is 8. The van der Waals surface area contributed by atoms with Crippen LogP contribution in [-0.4, -0.2) is 56.2 Å². The van der Waals surface area contributed by atoms with E-state index >= 15 is 0 Å². The van der Waals surface area contributed by atoms with Crippen molar-refractivity contribution in [2.45, 2.75) is 32.1 Å². The third-order valence-corrected chi connectivity index (χ3v) is 4.74. The fraction of sp³-hybridized carbons (Fsp3) is 0.500. The predicted octanol–water partition coefficient (Wildman–Crippen LogP) is 0.593. The Morgan fingerprint density at radius 2 is 1.58 bits per heavy atom. The van der Waals surface area contributed by atoms with Crippen molar-refractivity contribution in [3.63, 3.8) is 0 Å². The summed E-state index contributed by atoms with van der Waals surface area (Å²) in [5.74, 6) is -0.253. The van der Waals surface area contributed by atoms with Crippen LogP contribution in [0.2, 0.25) is 0 Å². The van der Waals surface area contributed by atoms with E-state index in [1.165, 1.54) is 24.0 Å². The number of nitrogens with zero attached hydrogens (tertiary/aromatic N) is 2. The minimum absolute atomic E-state index is 0.0476. The van der Waals surface area contributed by atoms with Crippen molar-refractivity contribution in [2.24, 2.45) is 5.14 Å². The van der Waals surface area contributed by atoms with Crippen molar-refractivity contribution in [1.82, 2.24) is 9.80 Å². The summed E-state index contributed by atoms with van der Waals surface area (Å²) in [6, 6.07) is 6.18. The summed E-state index contributed by atoms with van der Waals surface area (Å²) in [7, 11) is -3.71. The van der Waals surface area contributed by atoms with Crippen LogP contribution >= 0.6 is 0 Å². The van der Waals surface area contributed by atoms with Crippen molar-refractivity contribution in [1.29, 1.82) is 0 Å². The zero-order valence-electron chi connectivity index (χ0n) is 14.4. The fourth-order valence-corrected chi connectivity index (χ4v) is 2.81. The van der Waals surface area contributed by atoms with Crippen LogP contribution in [0.25, 0.3) is 0 Å². The lowest BCUT2D eigenvalue weighted by molar-refractivity contribution is -0.139. The Labute approximate surface area is 143 Å². The average Bonchev–Trinajstić information content (AvgIpc) is 2.51. The summed E-state index contributed by atoms with van der Waals surface area (Å²) in [6.45, 7) is 6.87. The molecule has 0 radical (unpaired) electrons. The standard InChI is InChI=1S/C16H25N3O4S/c1-4-18(5-2)16(21)12-19(13(3)20)11-10-14-6-8-15(9-7-14)24(17,22)23/h6-9H,4-5,10-12H2,1-3H3,(H2,17,22,23). The number of likely N-dealkylation sites (N-methyl/N-ethyl adjacent to an activating group) is 1. The second-order valence-electron chi connectivity index (χ2n) is 5.45. The highest BCUT2D eigenvalue weighted by atomic mass is 32.2. The Hall–Kier alpha value is -1.93. The van der Waals surface area contributed by atoms with Gasteiger partial charge in [0.2, 0.25) is 21.8 Å². The maximum Gasteiger partial charge on any atom is 0.242 e. The monoisotopic (exact) mass is 355 g/mol. The molecular weight excluding hydrogens is 330 g/mol. The largest absolute Gasteiger partial charge is 0.342 e. The number of hydrogen-bond acceptors (Lipinski definition) is 4. The minimum Gasteiger partial charge on any atom is -0.342 e. The minimum atomic E-state index is -3.71. The number of carbonyl (C=O) groups is 2. The highest BCUT2D eigenvalue weighted by Crippen LogP contribution is 2.10. The third-order valence-electron chi connectivity index (χ3n) is 3.81. The molecule has 0 heterocycles. The van der Waals surface area contributed by atoms with Crippen molar-refractivity contribution >= 4 is 21.8 Å². The van der Waals surface area contributed by atoms with Gasteiger partial charge in [-0.25, -0.2) is 13.6 Å². The Morgan fingerprint density at radius 1 is 1.04 bits per heavy atom. The van der Waals surface area contributed by atoms with E-state index in [1.807, 2.05) is 13.8 Å². The van der Waals surface area contributed by atoms with E-state index in [1.54, 1.807) is 17.0 Å². The fourth-order valence-electron chi connectivity index (χ4n) is 2.30. The maximum absolute atomic E-state index is 12.1. The maximum atomic E-state index is 12.1. The Kier molecular flexibility index (Phi) is 7.37. The molecule has 1 aromatic carbocycles. The van der Waals surface area contributed by atoms with Gasteiger partial charge in [-0.3, -0.25) is 9.59 Å². The van der Waals surface area contributed by atoms with E-state index < -0.39 is 10.0 Å². The van der Waals surface area contributed by atoms with E-state index in [0.29, 0.717) is 26.1 Å². The van der Waals surface area contributed by atoms with Gasteiger partial charge in [-0.05, 0) is 38.0 Å². The van der Waals surface area contributed by atoms with E-state index in [2.05, 4.69) is 0 Å². The normalized spacial score (nSPS) is 11.2. The van der Waals surface area contributed by atoms with E-state index in [-0.39, 0.29) is 23.3 Å². The summed E-state index contributed by atoms with van der Waals surface area (Å²) in [5.41, 5.74) is 0.865. The Bertz CT molecular complexity index is 667. The zero-order valence-corrected chi connectivity index (χ0v) is 15.2. The van der Waals surface area contributed by atoms with Gasteiger partial charge in [-0.1, -0.05) is 12.1 Å². The molecule has 0 atom stereocenters. The summed E-state index contributed by atoms with van der Waals surface area (Å²) in [5, 5.41) is 5.06. The van der Waals surface area contributed by atoms with Gasteiger partial charge in [0.25, 0.3) is 0 Å². The molecule has 1 aromatic rings. The number of amides is 2. The van der Waals surface area contributed by atoms with E-state index in [0.717, 1.165) is 5.56 Å². The molecular formula is C16H25N3O4S. The topological polar surface area (TPSA) is 101 Å². The molecule has 8 heteroatoms. The first-order valence-corrected chi connectivity index (χ1v) is 9.38. The van der Waals surface area contributed by atoms with Gasteiger partial charge < -0.3 is 9.80 Å². The Balaban J connectivity index is 2.70. The molecule has 134 valence electrons. The van der Waals surface area contributed by atoms with Gasteiger partial charge in [0.15, 0.2) is 0 Å². The first-order valence-electron chi connectivity index (χ1n) is 7.84.